The molecule has 0 atom stereocenters. The Labute approximate surface area is 179 Å². The second kappa shape index (κ2) is 10.0. The molecule has 2 aromatic carbocycles. The van der Waals surface area contributed by atoms with Crippen LogP contribution in [-0.2, 0) is 13.8 Å². The first kappa shape index (κ1) is 22.9. The summed E-state index contributed by atoms with van der Waals surface area (Å²) in [5.41, 5.74) is -4.53. The number of ether oxygens (including phenoxy) is 2. The number of rotatable bonds is 10. The summed E-state index contributed by atoms with van der Waals surface area (Å²) in [6, 6.07) is 8.04. The van der Waals surface area contributed by atoms with E-state index in [0.29, 0.717) is 43.0 Å². The van der Waals surface area contributed by atoms with Crippen LogP contribution >= 0.6 is 23.8 Å². The Balaban J connectivity index is 1.77. The number of hydrogen-bond acceptors (Lipinski definition) is 7. The second-order valence-corrected chi connectivity index (χ2v) is 7.92. The van der Waals surface area contributed by atoms with E-state index in [-0.39, 0.29) is 16.2 Å². The highest BCUT2D eigenvalue weighted by molar-refractivity contribution is 7.99. The molecule has 30 heavy (non-hydrogen) atoms. The fraction of sp³-hybridized carbons (Fsp3) is 0.368. The van der Waals surface area contributed by atoms with Gasteiger partial charge in [-0.1, -0.05) is 12.1 Å². The van der Waals surface area contributed by atoms with Gasteiger partial charge in [0, 0.05) is 22.6 Å². The number of hydrogen-bond donors (Lipinski definition) is 0. The van der Waals surface area contributed by atoms with Gasteiger partial charge in [0.05, 0.1) is 30.9 Å². The van der Waals surface area contributed by atoms with Crippen LogP contribution in [0.25, 0.3) is 10.8 Å². The average molecular weight is 461 g/mol. The van der Waals surface area contributed by atoms with Gasteiger partial charge in [0.15, 0.2) is 0 Å². The highest BCUT2D eigenvalue weighted by atomic mass is 32.2. The van der Waals surface area contributed by atoms with Crippen LogP contribution in [0.3, 0.4) is 0 Å². The van der Waals surface area contributed by atoms with Crippen molar-refractivity contribution in [2.45, 2.75) is 17.3 Å². The zero-order chi connectivity index (χ0) is 21.7. The second-order valence-electron chi connectivity index (χ2n) is 6.01. The van der Waals surface area contributed by atoms with Gasteiger partial charge in [-0.2, -0.15) is 17.5 Å². The van der Waals surface area contributed by atoms with Crippen LogP contribution in [0.1, 0.15) is 27.6 Å². The number of carbonyl (C=O) groups excluding carboxylic acids is 2. The van der Waals surface area contributed by atoms with Crippen LogP contribution in [0.5, 0.6) is 0 Å². The first-order valence-corrected chi connectivity index (χ1v) is 10.7. The van der Waals surface area contributed by atoms with E-state index in [1.54, 1.807) is 18.2 Å². The van der Waals surface area contributed by atoms with Gasteiger partial charge in [-0.05, 0) is 30.5 Å². The Kier molecular flexibility index (Phi) is 7.64. The minimum absolute atomic E-state index is 0.111. The predicted molar refractivity (Wildman–Crippen MR) is 107 cm³/mol. The monoisotopic (exact) mass is 461 g/mol. The first-order chi connectivity index (χ1) is 14.3. The number of imide groups is 1. The summed E-state index contributed by atoms with van der Waals surface area (Å²) in [4.78, 5) is 26.0. The molecule has 1 heterocycles. The molecule has 2 aromatic rings. The molecule has 0 bridgehead atoms. The quantitative estimate of drug-likeness (QED) is 0.220. The molecule has 6 nitrogen and oxygen atoms in total. The molecular weight excluding hydrogens is 443 g/mol. The van der Waals surface area contributed by atoms with E-state index in [1.165, 1.54) is 23.9 Å². The summed E-state index contributed by atoms with van der Waals surface area (Å²) in [5.74, 6) is -1.23. The van der Waals surface area contributed by atoms with Gasteiger partial charge in [0.1, 0.15) is 12.0 Å². The van der Waals surface area contributed by atoms with Crippen LogP contribution in [0, 0.1) is 0 Å². The number of amides is 2. The SMILES string of the molecule is CCOCCOCCSc1ccc2c3c(cccc13)C(=O)N(OSC(F)(F)F)C2=O. The molecule has 2 amide bonds. The van der Waals surface area contributed by atoms with Crippen molar-refractivity contribution >= 4 is 46.4 Å². The summed E-state index contributed by atoms with van der Waals surface area (Å²) in [6.07, 6.45) is 0. The van der Waals surface area contributed by atoms with E-state index in [4.69, 9.17) is 9.47 Å². The molecule has 0 spiro atoms. The minimum atomic E-state index is -4.75. The highest BCUT2D eigenvalue weighted by Gasteiger charge is 2.39. The van der Waals surface area contributed by atoms with Crippen molar-refractivity contribution in [1.29, 1.82) is 0 Å². The van der Waals surface area contributed by atoms with E-state index < -0.39 is 29.4 Å². The summed E-state index contributed by atoms with van der Waals surface area (Å²) < 4.78 is 52.4. The van der Waals surface area contributed by atoms with Crippen molar-refractivity contribution in [1.82, 2.24) is 5.06 Å². The number of thioether (sulfide) groups is 1. The topological polar surface area (TPSA) is 65.1 Å². The Bertz CT molecular complexity index is 916. The maximum atomic E-state index is 12.6. The molecule has 162 valence electrons. The van der Waals surface area contributed by atoms with Crippen LogP contribution in [0.4, 0.5) is 13.2 Å². The molecular formula is C19H18F3NO5S2. The Hall–Kier alpha value is -1.79. The van der Waals surface area contributed by atoms with E-state index in [1.807, 2.05) is 6.92 Å². The number of hydroxylamine groups is 2. The Morgan fingerprint density at radius 3 is 2.37 bits per heavy atom. The lowest BCUT2D eigenvalue weighted by atomic mass is 9.95. The summed E-state index contributed by atoms with van der Waals surface area (Å²) in [7, 11) is 0. The van der Waals surface area contributed by atoms with Gasteiger partial charge < -0.3 is 9.47 Å². The third kappa shape index (κ3) is 5.27. The normalized spacial score (nSPS) is 14.1. The molecule has 0 fully saturated rings. The maximum Gasteiger partial charge on any atom is 0.470 e. The molecule has 0 aromatic heterocycles. The largest absolute Gasteiger partial charge is 0.470 e. The van der Waals surface area contributed by atoms with Gasteiger partial charge >= 0.3 is 5.51 Å². The lowest BCUT2D eigenvalue weighted by Crippen LogP contribution is -2.39. The molecule has 3 rings (SSSR count). The molecule has 0 N–H and O–H groups in total. The molecule has 11 heteroatoms. The molecule has 0 saturated heterocycles. The number of alkyl halides is 3. The summed E-state index contributed by atoms with van der Waals surface area (Å²) in [5, 5.41) is 1.23. The third-order valence-corrected chi connectivity index (χ3v) is 5.55. The zero-order valence-electron chi connectivity index (χ0n) is 15.9. The average Bonchev–Trinajstić information content (AvgIpc) is 2.70. The molecule has 0 unspecified atom stereocenters. The standard InChI is InChI=1S/C19H18F3NO5S2/c1-2-26-8-9-27-10-11-29-15-7-6-14-16-12(15)4-3-5-13(16)17(24)23(18(14)25)28-30-19(20,21)22/h3-7H,2,8-11H2,1H3. The van der Waals surface area contributed by atoms with Crippen LogP contribution in [0.15, 0.2) is 35.2 Å². The lowest BCUT2D eigenvalue weighted by molar-refractivity contribution is -0.0570. The van der Waals surface area contributed by atoms with Crippen LogP contribution in [-0.4, -0.2) is 54.6 Å². The first-order valence-electron chi connectivity index (χ1n) is 8.99. The predicted octanol–water partition coefficient (Wildman–Crippen LogP) is 4.68. The minimum Gasteiger partial charge on any atom is -0.379 e. The van der Waals surface area contributed by atoms with E-state index in [2.05, 4.69) is 4.28 Å². The van der Waals surface area contributed by atoms with Crippen molar-refractivity contribution < 1.29 is 36.5 Å². The third-order valence-electron chi connectivity index (χ3n) is 4.10. The number of benzene rings is 2. The van der Waals surface area contributed by atoms with E-state index in [0.717, 1.165) is 4.90 Å². The molecule has 1 aliphatic rings. The van der Waals surface area contributed by atoms with Crippen LogP contribution < -0.4 is 0 Å². The van der Waals surface area contributed by atoms with E-state index in [9.17, 15) is 22.8 Å². The number of carbonyl (C=O) groups is 2. The summed E-state index contributed by atoms with van der Waals surface area (Å²) >= 11 is 0.589. The maximum absolute atomic E-state index is 12.6. The van der Waals surface area contributed by atoms with Crippen molar-refractivity contribution in [2.24, 2.45) is 0 Å². The molecule has 0 radical (unpaired) electrons. The molecule has 0 aliphatic carbocycles. The van der Waals surface area contributed by atoms with Gasteiger partial charge in [0.2, 0.25) is 0 Å². The van der Waals surface area contributed by atoms with Crippen molar-refractivity contribution in [2.75, 3.05) is 32.2 Å². The zero-order valence-corrected chi connectivity index (χ0v) is 17.5. The van der Waals surface area contributed by atoms with Crippen molar-refractivity contribution in [3.63, 3.8) is 0 Å². The van der Waals surface area contributed by atoms with Gasteiger partial charge in [-0.15, -0.1) is 16.8 Å². The van der Waals surface area contributed by atoms with Crippen molar-refractivity contribution in [3.05, 3.63) is 41.5 Å². The Morgan fingerprint density at radius 1 is 0.967 bits per heavy atom. The number of nitrogens with zero attached hydrogens (tertiary/aromatic N) is 1. The highest BCUT2D eigenvalue weighted by Crippen LogP contribution is 2.38. The van der Waals surface area contributed by atoms with Gasteiger partial charge in [-0.3, -0.25) is 9.59 Å². The smallest absolute Gasteiger partial charge is 0.379 e. The van der Waals surface area contributed by atoms with Crippen LogP contribution in [0.2, 0.25) is 0 Å². The fourth-order valence-electron chi connectivity index (χ4n) is 2.90. The lowest BCUT2D eigenvalue weighted by Gasteiger charge is -2.25. The Morgan fingerprint density at radius 2 is 1.67 bits per heavy atom. The molecule has 1 aliphatic heterocycles. The number of halogens is 3. The van der Waals surface area contributed by atoms with Gasteiger partial charge in [-0.25, -0.2) is 0 Å². The summed E-state index contributed by atoms with van der Waals surface area (Å²) in [6.45, 7) is 4.05. The van der Waals surface area contributed by atoms with E-state index >= 15 is 0 Å². The van der Waals surface area contributed by atoms with Crippen molar-refractivity contribution in [3.8, 4) is 0 Å². The fourth-order valence-corrected chi connectivity index (χ4v) is 4.10. The van der Waals surface area contributed by atoms with Gasteiger partial charge in [0.25, 0.3) is 11.8 Å². The molecule has 0 saturated carbocycles.